The molecule has 4 N–H and O–H groups in total. The molecule has 1 atom stereocenters. The number of anilines is 3. The summed E-state index contributed by atoms with van der Waals surface area (Å²) in [5.74, 6) is -1.66. The van der Waals surface area contributed by atoms with Crippen LogP contribution < -0.4 is 26.8 Å². The van der Waals surface area contributed by atoms with Crippen LogP contribution in [0.1, 0.15) is 34.1 Å². The zero-order valence-corrected chi connectivity index (χ0v) is 20.5. The van der Waals surface area contributed by atoms with E-state index in [2.05, 4.69) is 25.9 Å². The van der Waals surface area contributed by atoms with Gasteiger partial charge < -0.3 is 21.1 Å². The lowest BCUT2D eigenvalue weighted by molar-refractivity contribution is -0.137. The molecule has 0 fully saturated rings. The number of hydrogen-bond acceptors (Lipinski definition) is 8. The third-order valence-corrected chi connectivity index (χ3v) is 6.00. The molecule has 0 aliphatic rings. The Balaban J connectivity index is 1.50. The van der Waals surface area contributed by atoms with Crippen LogP contribution in [0.4, 0.5) is 17.1 Å². The highest BCUT2D eigenvalue weighted by molar-refractivity contribution is 6.40. The number of carboxylic acid groups (broad SMARTS) is 1. The molecule has 10 nitrogen and oxygen atoms in total. The van der Waals surface area contributed by atoms with Crippen molar-refractivity contribution in [2.24, 2.45) is 0 Å². The Morgan fingerprint density at radius 2 is 1.62 bits per heavy atom. The maximum Gasteiger partial charge on any atom is 0.305 e. The Morgan fingerprint density at radius 1 is 0.946 bits per heavy atom. The Bertz CT molecular complexity index is 1500. The van der Waals surface area contributed by atoms with Crippen LogP contribution in [-0.2, 0) is 11.3 Å². The molecule has 2 heterocycles. The Kier molecular flexibility index (Phi) is 7.80. The summed E-state index contributed by atoms with van der Waals surface area (Å²) in [7, 11) is 0. The fraction of sp³-hybridized carbons (Fsp3) is 0.120. The lowest BCUT2D eigenvalue weighted by atomic mass is 10.0. The zero-order chi connectivity index (χ0) is 26.5. The smallest absolute Gasteiger partial charge is 0.305 e. The molecule has 0 saturated heterocycles. The molecule has 2 aromatic carbocycles. The number of carbonyl (C=O) groups is 2. The van der Waals surface area contributed by atoms with E-state index in [0.29, 0.717) is 16.9 Å². The Hall–Kier alpha value is -4.28. The molecule has 0 bridgehead atoms. The molecule has 4 rings (SSSR count). The van der Waals surface area contributed by atoms with Crippen LogP contribution in [0, 0.1) is 0 Å². The molecular formula is C25H19Cl2N5O5. The summed E-state index contributed by atoms with van der Waals surface area (Å²) in [5.41, 5.74) is 0.289. The van der Waals surface area contributed by atoms with Gasteiger partial charge in [0.05, 0.1) is 40.3 Å². The highest BCUT2D eigenvalue weighted by Crippen LogP contribution is 2.28. The second-order valence-electron chi connectivity index (χ2n) is 7.93. The summed E-state index contributed by atoms with van der Waals surface area (Å²) < 4.78 is 0. The molecule has 1 amide bonds. The van der Waals surface area contributed by atoms with Crippen LogP contribution in [0.5, 0.6) is 0 Å². The molecule has 2 aromatic heterocycles. The van der Waals surface area contributed by atoms with E-state index in [9.17, 15) is 24.3 Å². The van der Waals surface area contributed by atoms with Crippen molar-refractivity contribution in [1.29, 1.82) is 0 Å². The standard InChI is InChI=1S/C25H19Cl2N5O5/c26-16-11-28-12-17(27)20(16)25(37)31-14-6-4-13(5-7-14)18(9-19(33)34)32-22-21(23(35)24(22)36)30-10-15-3-1-2-8-29-15/h1-8,11-12,18,30,32H,9-10H2,(H,31,37)(H,33,34)/t18-/m0/s1. The minimum Gasteiger partial charge on any atom is -0.481 e. The van der Waals surface area contributed by atoms with Crippen molar-refractivity contribution in [2.45, 2.75) is 19.0 Å². The van der Waals surface area contributed by atoms with Crippen molar-refractivity contribution in [3.63, 3.8) is 0 Å². The van der Waals surface area contributed by atoms with Crippen LogP contribution >= 0.6 is 23.2 Å². The monoisotopic (exact) mass is 539 g/mol. The van der Waals surface area contributed by atoms with Crippen molar-refractivity contribution >= 4 is 52.1 Å². The van der Waals surface area contributed by atoms with Gasteiger partial charge >= 0.3 is 5.97 Å². The lowest BCUT2D eigenvalue weighted by Gasteiger charge is -2.22. The van der Waals surface area contributed by atoms with Crippen LogP contribution in [-0.4, -0.2) is 27.0 Å². The van der Waals surface area contributed by atoms with Crippen molar-refractivity contribution in [3.8, 4) is 0 Å². The van der Waals surface area contributed by atoms with Crippen LogP contribution in [0.15, 0.2) is 70.6 Å². The van der Waals surface area contributed by atoms with Crippen molar-refractivity contribution in [3.05, 3.63) is 108 Å². The van der Waals surface area contributed by atoms with E-state index in [4.69, 9.17) is 23.2 Å². The first-order valence-corrected chi connectivity index (χ1v) is 11.7. The van der Waals surface area contributed by atoms with E-state index in [1.54, 1.807) is 48.7 Å². The quantitative estimate of drug-likeness (QED) is 0.220. The number of pyridine rings is 2. The summed E-state index contributed by atoms with van der Waals surface area (Å²) >= 11 is 12.1. The number of nitrogens with zero attached hydrogens (tertiary/aromatic N) is 2. The van der Waals surface area contributed by atoms with E-state index in [1.165, 1.54) is 12.4 Å². The summed E-state index contributed by atoms with van der Waals surface area (Å²) in [6.45, 7) is 0.212. The van der Waals surface area contributed by atoms with E-state index in [1.807, 2.05) is 0 Å². The first-order valence-electron chi connectivity index (χ1n) is 10.9. The van der Waals surface area contributed by atoms with Gasteiger partial charge in [0, 0.05) is 24.3 Å². The molecule has 0 radical (unpaired) electrons. The van der Waals surface area contributed by atoms with Gasteiger partial charge in [0.1, 0.15) is 11.4 Å². The molecule has 0 spiro atoms. The maximum atomic E-state index is 12.6. The molecule has 0 aliphatic heterocycles. The van der Waals surface area contributed by atoms with Gasteiger partial charge in [-0.1, -0.05) is 41.4 Å². The van der Waals surface area contributed by atoms with Crippen molar-refractivity contribution in [1.82, 2.24) is 9.97 Å². The SMILES string of the molecule is O=C(O)C[C@H](Nc1c(NCc2ccccn2)c(=O)c1=O)c1ccc(NC(=O)c2c(Cl)cncc2Cl)cc1. The van der Waals surface area contributed by atoms with E-state index >= 15 is 0 Å². The summed E-state index contributed by atoms with van der Waals surface area (Å²) in [5, 5.41) is 18.0. The number of aliphatic carboxylic acids is 1. The number of nitrogens with one attached hydrogen (secondary N) is 3. The van der Waals surface area contributed by atoms with Gasteiger partial charge in [-0.25, -0.2) is 0 Å². The number of carboxylic acids is 1. The molecule has 0 unspecified atom stereocenters. The van der Waals surface area contributed by atoms with Crippen molar-refractivity contribution in [2.75, 3.05) is 16.0 Å². The topological polar surface area (TPSA) is 150 Å². The number of aromatic nitrogens is 2. The Labute approximate surface area is 220 Å². The van der Waals surface area contributed by atoms with Gasteiger partial charge in [0.15, 0.2) is 0 Å². The highest BCUT2D eigenvalue weighted by Gasteiger charge is 2.25. The predicted octanol–water partition coefficient (Wildman–Crippen LogP) is 3.87. The molecule has 0 aliphatic carbocycles. The molecule has 4 aromatic rings. The van der Waals surface area contributed by atoms with Gasteiger partial charge in [-0.05, 0) is 29.8 Å². The largest absolute Gasteiger partial charge is 0.481 e. The zero-order valence-electron chi connectivity index (χ0n) is 19.0. The van der Waals surface area contributed by atoms with Gasteiger partial charge in [-0.15, -0.1) is 0 Å². The van der Waals surface area contributed by atoms with Crippen LogP contribution in [0.25, 0.3) is 0 Å². The molecule has 12 heteroatoms. The summed E-state index contributed by atoms with van der Waals surface area (Å²) in [6.07, 6.45) is 3.84. The van der Waals surface area contributed by atoms with Gasteiger partial charge in [0.2, 0.25) is 0 Å². The number of carbonyl (C=O) groups excluding carboxylic acids is 1. The second kappa shape index (κ2) is 11.2. The van der Waals surface area contributed by atoms with E-state index < -0.39 is 28.8 Å². The van der Waals surface area contributed by atoms with Gasteiger partial charge in [-0.3, -0.25) is 29.1 Å². The first kappa shape index (κ1) is 25.8. The number of hydrogen-bond donors (Lipinski definition) is 4. The maximum absolute atomic E-state index is 12.6. The number of benzene rings is 1. The van der Waals surface area contributed by atoms with Crippen molar-refractivity contribution < 1.29 is 14.7 Å². The number of rotatable bonds is 10. The molecular weight excluding hydrogens is 521 g/mol. The number of amides is 1. The first-order chi connectivity index (χ1) is 17.7. The minimum atomic E-state index is -1.11. The number of halogens is 2. The minimum absolute atomic E-state index is 0.00605. The summed E-state index contributed by atoms with van der Waals surface area (Å²) in [6, 6.07) is 10.8. The average molecular weight is 540 g/mol. The van der Waals surface area contributed by atoms with Gasteiger partial charge in [0.25, 0.3) is 16.8 Å². The fourth-order valence-corrected chi connectivity index (χ4v) is 4.14. The summed E-state index contributed by atoms with van der Waals surface area (Å²) in [4.78, 5) is 56.5. The second-order valence-corrected chi connectivity index (χ2v) is 8.75. The predicted molar refractivity (Wildman–Crippen MR) is 140 cm³/mol. The molecule has 37 heavy (non-hydrogen) atoms. The average Bonchev–Trinajstić information content (AvgIpc) is 2.88. The third-order valence-electron chi connectivity index (χ3n) is 5.43. The molecule has 188 valence electrons. The Morgan fingerprint density at radius 3 is 2.24 bits per heavy atom. The lowest BCUT2D eigenvalue weighted by Crippen LogP contribution is -2.38. The van der Waals surface area contributed by atoms with Gasteiger partial charge in [-0.2, -0.15) is 0 Å². The molecule has 0 saturated carbocycles. The normalized spacial score (nSPS) is 11.6. The van der Waals surface area contributed by atoms with Crippen LogP contribution in [0.2, 0.25) is 10.0 Å². The van der Waals surface area contributed by atoms with Crippen LogP contribution in [0.3, 0.4) is 0 Å². The highest BCUT2D eigenvalue weighted by atomic mass is 35.5. The third kappa shape index (κ3) is 5.93. The van der Waals surface area contributed by atoms with E-state index in [0.717, 1.165) is 0 Å². The van der Waals surface area contributed by atoms with E-state index in [-0.39, 0.29) is 39.9 Å². The fourth-order valence-electron chi connectivity index (χ4n) is 3.60.